The number of aliphatic hydroxyl groups excluding tert-OH is 1. The number of phenolic OH excluding ortho intramolecular Hbond substituents is 1. The Balaban J connectivity index is 2.03. The lowest BCUT2D eigenvalue weighted by atomic mass is 10.1. The van der Waals surface area contributed by atoms with E-state index in [2.05, 4.69) is 0 Å². The first-order chi connectivity index (χ1) is 9.19. The third kappa shape index (κ3) is 3.56. The zero-order valence-corrected chi connectivity index (χ0v) is 10.2. The Bertz CT molecular complexity index is 564. The van der Waals surface area contributed by atoms with Gasteiger partial charge in [-0.05, 0) is 17.7 Å². The van der Waals surface area contributed by atoms with Crippen LogP contribution in [0.5, 0.6) is 11.5 Å². The van der Waals surface area contributed by atoms with E-state index in [1.807, 2.05) is 6.07 Å². The van der Waals surface area contributed by atoms with Crippen molar-refractivity contribution in [2.75, 3.05) is 6.61 Å². The number of ether oxygens (including phenoxy) is 1. The van der Waals surface area contributed by atoms with Crippen molar-refractivity contribution in [2.45, 2.75) is 6.61 Å². The van der Waals surface area contributed by atoms with Crippen molar-refractivity contribution in [2.24, 2.45) is 0 Å². The van der Waals surface area contributed by atoms with Gasteiger partial charge in [0, 0.05) is 11.6 Å². The SMILES string of the molecule is O=C(COc1cc(O)cc(CO)c1)c1ccccc1. The zero-order valence-electron chi connectivity index (χ0n) is 10.2. The Morgan fingerprint density at radius 2 is 1.84 bits per heavy atom. The van der Waals surface area contributed by atoms with Crippen molar-refractivity contribution >= 4 is 5.78 Å². The Kier molecular flexibility index (Phi) is 4.15. The average Bonchev–Trinajstić information content (AvgIpc) is 2.45. The molecule has 0 aromatic heterocycles. The van der Waals surface area contributed by atoms with Crippen molar-refractivity contribution in [1.82, 2.24) is 0 Å². The van der Waals surface area contributed by atoms with Crippen LogP contribution in [0, 0.1) is 0 Å². The van der Waals surface area contributed by atoms with Gasteiger partial charge < -0.3 is 14.9 Å². The molecule has 98 valence electrons. The van der Waals surface area contributed by atoms with Gasteiger partial charge >= 0.3 is 0 Å². The summed E-state index contributed by atoms with van der Waals surface area (Å²) in [6.07, 6.45) is 0. The summed E-state index contributed by atoms with van der Waals surface area (Å²) in [6, 6.07) is 13.2. The van der Waals surface area contributed by atoms with Crippen LogP contribution >= 0.6 is 0 Å². The number of aliphatic hydroxyl groups is 1. The third-order valence-corrected chi connectivity index (χ3v) is 2.60. The first-order valence-corrected chi connectivity index (χ1v) is 5.84. The number of benzene rings is 2. The molecule has 19 heavy (non-hydrogen) atoms. The molecule has 2 aromatic carbocycles. The van der Waals surface area contributed by atoms with Gasteiger partial charge in [0.15, 0.2) is 12.4 Å². The van der Waals surface area contributed by atoms with Crippen molar-refractivity contribution in [1.29, 1.82) is 0 Å². The summed E-state index contributed by atoms with van der Waals surface area (Å²) in [4.78, 5) is 11.8. The van der Waals surface area contributed by atoms with Crippen LogP contribution in [0.4, 0.5) is 0 Å². The number of phenols is 1. The van der Waals surface area contributed by atoms with Gasteiger partial charge in [-0.3, -0.25) is 4.79 Å². The summed E-state index contributed by atoms with van der Waals surface area (Å²) in [5, 5.41) is 18.4. The van der Waals surface area contributed by atoms with Gasteiger partial charge in [0.2, 0.25) is 0 Å². The molecule has 0 amide bonds. The van der Waals surface area contributed by atoms with Crippen LogP contribution in [0.3, 0.4) is 0 Å². The fourth-order valence-electron chi connectivity index (χ4n) is 1.67. The van der Waals surface area contributed by atoms with Crippen molar-refractivity contribution in [3.8, 4) is 11.5 Å². The van der Waals surface area contributed by atoms with Crippen molar-refractivity contribution in [3.05, 3.63) is 59.7 Å². The van der Waals surface area contributed by atoms with Crippen LogP contribution in [0.25, 0.3) is 0 Å². The summed E-state index contributed by atoms with van der Waals surface area (Å²) >= 11 is 0. The Hall–Kier alpha value is -2.33. The summed E-state index contributed by atoms with van der Waals surface area (Å²) in [5.41, 5.74) is 1.10. The predicted molar refractivity (Wildman–Crippen MR) is 70.3 cm³/mol. The van der Waals surface area contributed by atoms with Gasteiger partial charge in [-0.15, -0.1) is 0 Å². The van der Waals surface area contributed by atoms with E-state index in [4.69, 9.17) is 9.84 Å². The number of hydrogen-bond acceptors (Lipinski definition) is 4. The van der Waals surface area contributed by atoms with Crippen LogP contribution in [-0.4, -0.2) is 22.6 Å². The molecule has 0 heterocycles. The Morgan fingerprint density at radius 1 is 1.11 bits per heavy atom. The van der Waals surface area contributed by atoms with E-state index in [9.17, 15) is 9.90 Å². The van der Waals surface area contributed by atoms with Gasteiger partial charge in [-0.25, -0.2) is 0 Å². The molecule has 0 aliphatic rings. The lowest BCUT2D eigenvalue weighted by Gasteiger charge is -2.07. The van der Waals surface area contributed by atoms with E-state index in [1.165, 1.54) is 12.1 Å². The largest absolute Gasteiger partial charge is 0.508 e. The highest BCUT2D eigenvalue weighted by atomic mass is 16.5. The quantitative estimate of drug-likeness (QED) is 0.806. The maximum absolute atomic E-state index is 11.8. The highest BCUT2D eigenvalue weighted by molar-refractivity contribution is 5.97. The Morgan fingerprint density at radius 3 is 2.53 bits per heavy atom. The highest BCUT2D eigenvalue weighted by Crippen LogP contribution is 2.22. The smallest absolute Gasteiger partial charge is 0.200 e. The minimum atomic E-state index is -0.197. The second kappa shape index (κ2) is 6.02. The first-order valence-electron chi connectivity index (χ1n) is 5.84. The first kappa shape index (κ1) is 13.1. The monoisotopic (exact) mass is 258 g/mol. The molecule has 4 nitrogen and oxygen atoms in total. The highest BCUT2D eigenvalue weighted by Gasteiger charge is 2.07. The molecule has 0 aliphatic carbocycles. The van der Waals surface area contributed by atoms with Crippen molar-refractivity contribution in [3.63, 3.8) is 0 Å². The van der Waals surface area contributed by atoms with Crippen LogP contribution < -0.4 is 4.74 Å². The van der Waals surface area contributed by atoms with Crippen LogP contribution in [0.2, 0.25) is 0 Å². The van der Waals surface area contributed by atoms with Gasteiger partial charge in [-0.2, -0.15) is 0 Å². The lowest BCUT2D eigenvalue weighted by Crippen LogP contribution is -2.11. The number of carbonyl (C=O) groups excluding carboxylic acids is 1. The molecular formula is C15H14O4. The lowest BCUT2D eigenvalue weighted by molar-refractivity contribution is 0.0921. The fourth-order valence-corrected chi connectivity index (χ4v) is 1.67. The topological polar surface area (TPSA) is 66.8 Å². The number of hydrogen-bond donors (Lipinski definition) is 2. The number of ketones is 1. The number of carbonyl (C=O) groups is 1. The molecule has 0 spiro atoms. The maximum Gasteiger partial charge on any atom is 0.200 e. The van der Waals surface area contributed by atoms with E-state index in [0.29, 0.717) is 16.9 Å². The maximum atomic E-state index is 11.8. The molecule has 2 N–H and O–H groups in total. The van der Waals surface area contributed by atoms with Crippen LogP contribution in [0.1, 0.15) is 15.9 Å². The summed E-state index contributed by atoms with van der Waals surface area (Å²) in [6.45, 7) is -0.310. The summed E-state index contributed by atoms with van der Waals surface area (Å²) < 4.78 is 5.32. The summed E-state index contributed by atoms with van der Waals surface area (Å²) in [7, 11) is 0. The Labute approximate surface area is 110 Å². The van der Waals surface area contributed by atoms with Gasteiger partial charge in [0.25, 0.3) is 0 Å². The number of Topliss-reactive ketones (excluding diaryl/α,β-unsaturated/α-hetero) is 1. The van der Waals surface area contributed by atoms with Crippen LogP contribution in [0.15, 0.2) is 48.5 Å². The van der Waals surface area contributed by atoms with E-state index in [1.54, 1.807) is 30.3 Å². The summed E-state index contributed by atoms with van der Waals surface area (Å²) in [5.74, 6) is 0.205. The van der Waals surface area contributed by atoms with E-state index in [-0.39, 0.29) is 24.7 Å². The number of rotatable bonds is 5. The minimum Gasteiger partial charge on any atom is -0.508 e. The van der Waals surface area contributed by atoms with Gasteiger partial charge in [0.1, 0.15) is 11.5 Å². The van der Waals surface area contributed by atoms with Gasteiger partial charge in [-0.1, -0.05) is 30.3 Å². The number of aromatic hydroxyl groups is 1. The molecule has 2 aromatic rings. The second-order valence-corrected chi connectivity index (χ2v) is 4.07. The molecule has 0 saturated carbocycles. The molecule has 0 atom stereocenters. The molecular weight excluding hydrogens is 244 g/mol. The molecule has 4 heteroatoms. The van der Waals surface area contributed by atoms with Gasteiger partial charge in [0.05, 0.1) is 6.61 Å². The van der Waals surface area contributed by atoms with Crippen LogP contribution in [-0.2, 0) is 6.61 Å². The van der Waals surface area contributed by atoms with E-state index >= 15 is 0 Å². The molecule has 0 bridgehead atoms. The zero-order chi connectivity index (χ0) is 13.7. The molecule has 0 fully saturated rings. The van der Waals surface area contributed by atoms with E-state index < -0.39 is 0 Å². The average molecular weight is 258 g/mol. The standard InChI is InChI=1S/C15H14O4/c16-9-11-6-13(17)8-14(7-11)19-10-15(18)12-4-2-1-3-5-12/h1-8,16-17H,9-10H2. The minimum absolute atomic E-state index is 0.00582. The molecule has 0 unspecified atom stereocenters. The molecule has 0 radical (unpaired) electrons. The van der Waals surface area contributed by atoms with E-state index in [0.717, 1.165) is 0 Å². The predicted octanol–water partition coefficient (Wildman–Crippen LogP) is 2.15. The fraction of sp³-hybridized carbons (Fsp3) is 0.133. The molecule has 0 aliphatic heterocycles. The molecule has 2 rings (SSSR count). The second-order valence-electron chi connectivity index (χ2n) is 4.07. The molecule has 0 saturated heterocycles. The van der Waals surface area contributed by atoms with Crippen molar-refractivity contribution < 1.29 is 19.7 Å². The normalized spacial score (nSPS) is 10.2. The third-order valence-electron chi connectivity index (χ3n) is 2.60.